The monoisotopic (exact) mass is 442 g/mol. The van der Waals surface area contributed by atoms with Crippen molar-refractivity contribution in [2.24, 2.45) is 0 Å². The second-order valence-corrected chi connectivity index (χ2v) is 8.59. The highest BCUT2D eigenvalue weighted by Crippen LogP contribution is 2.41. The van der Waals surface area contributed by atoms with Gasteiger partial charge in [-0.1, -0.05) is 36.4 Å². The summed E-state index contributed by atoms with van der Waals surface area (Å²) in [6.45, 7) is 5.31. The number of fused-ring (bicyclic) bond motifs is 2. The van der Waals surface area contributed by atoms with Crippen molar-refractivity contribution in [2.45, 2.75) is 13.8 Å². The average Bonchev–Trinajstić information content (AvgIpc) is 3.22. The van der Waals surface area contributed by atoms with E-state index in [9.17, 15) is 4.79 Å². The average molecular weight is 443 g/mol. The Bertz CT molecular complexity index is 1350. The summed E-state index contributed by atoms with van der Waals surface area (Å²) in [5.41, 5.74) is 5.54. The molecule has 0 atom stereocenters. The van der Waals surface area contributed by atoms with Gasteiger partial charge in [0.05, 0.1) is 13.4 Å². The molecule has 1 amide bonds. The Labute approximate surface area is 194 Å². The quantitative estimate of drug-likeness (QED) is 0.376. The number of aryl methyl sites for hydroxylation is 1. The van der Waals surface area contributed by atoms with Crippen LogP contribution in [0, 0.1) is 6.92 Å². The molecule has 3 aromatic carbocycles. The second kappa shape index (κ2) is 9.51. The van der Waals surface area contributed by atoms with Crippen molar-refractivity contribution in [3.05, 3.63) is 72.0 Å². The molecule has 0 spiro atoms. The highest BCUT2D eigenvalue weighted by Gasteiger charge is 2.19. The van der Waals surface area contributed by atoms with Crippen LogP contribution in [0.2, 0.25) is 0 Å². The van der Waals surface area contributed by atoms with Crippen LogP contribution in [0.5, 0.6) is 5.75 Å². The van der Waals surface area contributed by atoms with E-state index in [0.717, 1.165) is 51.1 Å². The first-order valence-corrected chi connectivity index (χ1v) is 11.1. The number of ether oxygens (including phenoxy) is 1. The maximum absolute atomic E-state index is 12.5. The number of likely N-dealkylation sites (N-methyl/N-ethyl adjacent to an activating group) is 1. The number of rotatable bonds is 7. The fourth-order valence-corrected chi connectivity index (χ4v) is 4.18. The minimum absolute atomic E-state index is 0.115. The molecule has 33 heavy (non-hydrogen) atoms. The van der Waals surface area contributed by atoms with Crippen LogP contribution in [0.3, 0.4) is 0 Å². The van der Waals surface area contributed by atoms with Crippen LogP contribution in [0.1, 0.15) is 18.1 Å². The molecule has 4 aromatic rings. The van der Waals surface area contributed by atoms with Gasteiger partial charge in [0.25, 0.3) is 0 Å². The lowest BCUT2D eigenvalue weighted by Crippen LogP contribution is -2.30. The number of benzene rings is 3. The molecule has 0 saturated heterocycles. The topological polar surface area (TPSA) is 54.7 Å². The maximum Gasteiger partial charge on any atom is 0.244 e. The summed E-state index contributed by atoms with van der Waals surface area (Å²) in [4.78, 5) is 14.5. The van der Waals surface area contributed by atoms with Gasteiger partial charge < -0.3 is 19.4 Å². The van der Waals surface area contributed by atoms with Crippen LogP contribution in [-0.2, 0) is 4.79 Å². The normalized spacial score (nSPS) is 12.0. The standard InChI is InChI=1S/C28H30N2O3/c1-18(14-26(31)29-12-13-30(3)4)23-16-24-25(17-33-28(24)19(2)27(23)32-5)22-11-10-20-8-6-7-9-21(20)15-22/h6-11,14-17H,12-13H2,1-5H3,(H,29,31)/b18-14+. The molecule has 0 aliphatic rings. The van der Waals surface area contributed by atoms with Crippen LogP contribution in [0.4, 0.5) is 0 Å². The van der Waals surface area contributed by atoms with Gasteiger partial charge in [-0.15, -0.1) is 0 Å². The highest BCUT2D eigenvalue weighted by atomic mass is 16.5. The lowest BCUT2D eigenvalue weighted by Gasteiger charge is -2.14. The smallest absolute Gasteiger partial charge is 0.244 e. The summed E-state index contributed by atoms with van der Waals surface area (Å²) in [5, 5.41) is 6.32. The molecular weight excluding hydrogens is 412 g/mol. The number of furan rings is 1. The third-order valence-corrected chi connectivity index (χ3v) is 5.94. The maximum atomic E-state index is 12.5. The molecule has 5 heteroatoms. The summed E-state index contributed by atoms with van der Waals surface area (Å²) >= 11 is 0. The van der Waals surface area contributed by atoms with Gasteiger partial charge in [0, 0.05) is 41.2 Å². The van der Waals surface area contributed by atoms with E-state index in [2.05, 4.69) is 41.7 Å². The van der Waals surface area contributed by atoms with Gasteiger partial charge in [-0.2, -0.15) is 0 Å². The van der Waals surface area contributed by atoms with E-state index in [1.165, 1.54) is 10.8 Å². The molecule has 0 aliphatic carbocycles. The Morgan fingerprint density at radius 2 is 1.88 bits per heavy atom. The summed E-state index contributed by atoms with van der Waals surface area (Å²) in [5.74, 6) is 0.604. The number of carbonyl (C=O) groups excluding carboxylic acids is 1. The third-order valence-electron chi connectivity index (χ3n) is 5.94. The van der Waals surface area contributed by atoms with E-state index in [-0.39, 0.29) is 5.91 Å². The predicted octanol–water partition coefficient (Wildman–Crippen LogP) is 5.65. The fraction of sp³-hybridized carbons (Fsp3) is 0.250. The summed E-state index contributed by atoms with van der Waals surface area (Å²) in [6.07, 6.45) is 3.44. The van der Waals surface area contributed by atoms with Crippen molar-refractivity contribution in [3.8, 4) is 16.9 Å². The van der Waals surface area contributed by atoms with E-state index in [1.807, 2.05) is 45.0 Å². The van der Waals surface area contributed by atoms with E-state index in [4.69, 9.17) is 9.15 Å². The zero-order chi connectivity index (χ0) is 23.5. The SMILES string of the molecule is COc1c(/C(C)=C/C(=O)NCCN(C)C)cc2c(-c3ccc4ccccc4c3)coc2c1C. The van der Waals surface area contributed by atoms with E-state index < -0.39 is 0 Å². The van der Waals surface area contributed by atoms with Crippen LogP contribution >= 0.6 is 0 Å². The number of allylic oxidation sites excluding steroid dienone is 1. The number of methoxy groups -OCH3 is 1. The third kappa shape index (κ3) is 4.64. The van der Waals surface area contributed by atoms with Crippen LogP contribution in [0.15, 0.2) is 65.3 Å². The molecule has 170 valence electrons. The Kier molecular flexibility index (Phi) is 6.52. The Morgan fingerprint density at radius 3 is 2.61 bits per heavy atom. The largest absolute Gasteiger partial charge is 0.496 e. The molecule has 0 aliphatic heterocycles. The van der Waals surface area contributed by atoms with Crippen molar-refractivity contribution in [1.82, 2.24) is 10.2 Å². The molecule has 0 radical (unpaired) electrons. The van der Waals surface area contributed by atoms with E-state index in [0.29, 0.717) is 6.54 Å². The number of hydrogen-bond donors (Lipinski definition) is 1. The van der Waals surface area contributed by atoms with Gasteiger partial charge in [0.2, 0.25) is 5.91 Å². The zero-order valence-corrected chi connectivity index (χ0v) is 19.9. The minimum Gasteiger partial charge on any atom is -0.496 e. The predicted molar refractivity (Wildman–Crippen MR) is 136 cm³/mol. The summed E-state index contributed by atoms with van der Waals surface area (Å²) in [6, 6.07) is 16.8. The number of nitrogens with zero attached hydrogens (tertiary/aromatic N) is 1. The summed E-state index contributed by atoms with van der Waals surface area (Å²) in [7, 11) is 5.61. The lowest BCUT2D eigenvalue weighted by atomic mass is 9.95. The van der Waals surface area contributed by atoms with Crippen molar-refractivity contribution < 1.29 is 13.9 Å². The van der Waals surface area contributed by atoms with Gasteiger partial charge >= 0.3 is 0 Å². The van der Waals surface area contributed by atoms with Crippen LogP contribution in [-0.4, -0.2) is 45.1 Å². The molecule has 1 heterocycles. The lowest BCUT2D eigenvalue weighted by molar-refractivity contribution is -0.116. The first-order valence-electron chi connectivity index (χ1n) is 11.1. The minimum atomic E-state index is -0.115. The molecule has 0 unspecified atom stereocenters. The van der Waals surface area contributed by atoms with E-state index >= 15 is 0 Å². The molecule has 1 aromatic heterocycles. The number of nitrogens with one attached hydrogen (secondary N) is 1. The molecule has 1 N–H and O–H groups in total. The Morgan fingerprint density at radius 1 is 1.12 bits per heavy atom. The molecule has 5 nitrogen and oxygen atoms in total. The highest BCUT2D eigenvalue weighted by molar-refractivity contribution is 6.02. The fourth-order valence-electron chi connectivity index (χ4n) is 4.18. The van der Waals surface area contributed by atoms with Gasteiger partial charge in [-0.05, 0) is 62.0 Å². The van der Waals surface area contributed by atoms with Crippen molar-refractivity contribution in [3.63, 3.8) is 0 Å². The number of amides is 1. The van der Waals surface area contributed by atoms with Gasteiger partial charge in [0.15, 0.2) is 0 Å². The first kappa shape index (κ1) is 22.6. The van der Waals surface area contributed by atoms with Crippen LogP contribution < -0.4 is 10.1 Å². The molecule has 0 saturated carbocycles. The second-order valence-electron chi connectivity index (χ2n) is 8.59. The van der Waals surface area contributed by atoms with E-state index in [1.54, 1.807) is 19.4 Å². The van der Waals surface area contributed by atoms with Crippen LogP contribution in [0.25, 0.3) is 38.4 Å². The van der Waals surface area contributed by atoms with Gasteiger partial charge in [-0.25, -0.2) is 0 Å². The van der Waals surface area contributed by atoms with Crippen molar-refractivity contribution >= 4 is 33.2 Å². The number of hydrogen-bond acceptors (Lipinski definition) is 4. The first-order chi connectivity index (χ1) is 15.9. The van der Waals surface area contributed by atoms with Crippen molar-refractivity contribution in [2.75, 3.05) is 34.3 Å². The van der Waals surface area contributed by atoms with Gasteiger partial charge in [0.1, 0.15) is 11.3 Å². The molecule has 0 bridgehead atoms. The zero-order valence-electron chi connectivity index (χ0n) is 19.9. The Hall–Kier alpha value is -3.57. The molecular formula is C28H30N2O3. The Balaban J connectivity index is 1.77. The van der Waals surface area contributed by atoms with Gasteiger partial charge in [-0.3, -0.25) is 4.79 Å². The molecule has 4 rings (SSSR count). The molecule has 0 fully saturated rings. The number of carbonyl (C=O) groups is 1. The van der Waals surface area contributed by atoms with Crippen molar-refractivity contribution in [1.29, 1.82) is 0 Å². The summed E-state index contributed by atoms with van der Waals surface area (Å²) < 4.78 is 11.7.